The minimum Gasteiger partial charge on any atom is -0.541 e. The van der Waals surface area contributed by atoms with Crippen molar-refractivity contribution in [2.45, 2.75) is 114 Å². The zero-order valence-corrected chi connectivity index (χ0v) is 25.8. The van der Waals surface area contributed by atoms with Crippen LogP contribution in [0.15, 0.2) is 24.3 Å². The fraction of sp³-hybridized carbons (Fsp3) is 0.724. The van der Waals surface area contributed by atoms with Crippen molar-refractivity contribution in [2.24, 2.45) is 5.92 Å². The Balaban J connectivity index is 1.67. The molecule has 2 aliphatic carbocycles. The number of likely N-dealkylation sites (N-methyl/N-ethyl adjacent to an activating group) is 1. The van der Waals surface area contributed by atoms with Gasteiger partial charge in [-0.25, -0.2) is 0 Å². The van der Waals surface area contributed by atoms with Gasteiger partial charge in [-0.15, -0.1) is 0 Å². The first-order valence-electron chi connectivity index (χ1n) is 14.0. The quantitative estimate of drug-likeness (QED) is 0.323. The summed E-state index contributed by atoms with van der Waals surface area (Å²) in [5.74, 6) is 2.07. The highest BCUT2D eigenvalue weighted by Gasteiger charge is 2.65. The highest BCUT2D eigenvalue weighted by atomic mass is 28.4. The lowest BCUT2D eigenvalue weighted by Crippen LogP contribution is -2.66. The smallest absolute Gasteiger partial charge is 0.250 e. The summed E-state index contributed by atoms with van der Waals surface area (Å²) in [7, 11) is -1.89. The molecule has 194 valence electrons. The molecule has 0 N–H and O–H groups in total. The van der Waals surface area contributed by atoms with Gasteiger partial charge in [0.05, 0.1) is 1.37 Å². The van der Waals surface area contributed by atoms with Crippen LogP contribution in [0, 0.1) is 5.92 Å². The Labute approximate surface area is 217 Å². The van der Waals surface area contributed by atoms with Gasteiger partial charge in [-0.1, -0.05) is 59.7 Å². The zero-order valence-electron chi connectivity index (χ0n) is 24.8. The highest BCUT2D eigenvalue weighted by molar-refractivity contribution is 6.75. The van der Waals surface area contributed by atoms with Gasteiger partial charge in [-0.2, -0.15) is 0 Å². The molecule has 5 atom stereocenters. The summed E-state index contributed by atoms with van der Waals surface area (Å²) in [5.41, 5.74) is 2.30. The van der Waals surface area contributed by atoms with Crippen LogP contribution < -0.4 is 9.16 Å². The molecular weight excluding hydrogens is 466 g/mol. The van der Waals surface area contributed by atoms with E-state index >= 15 is 0 Å². The topological polar surface area (TPSA) is 30.9 Å². The van der Waals surface area contributed by atoms with Crippen LogP contribution in [-0.4, -0.2) is 53.4 Å². The van der Waals surface area contributed by atoms with Gasteiger partial charge in [0.2, 0.25) is 0 Å². The predicted molar refractivity (Wildman–Crippen MR) is 150 cm³/mol. The lowest BCUT2D eigenvalue weighted by Gasteiger charge is -2.57. The van der Waals surface area contributed by atoms with Crippen LogP contribution in [0.2, 0.25) is 36.3 Å². The standard InChI is InChI=1S/C29H47NO3Si2/c1-27(2,3)34(8,9)32-22-14-12-19-18-21-20-13-15-23(33-35(10,11)28(4,5)6)26-29(20,16-17-30(21)7)24(19)25(22)31-26/h12-15,20-21,23,26H,16-18H2,1-11H3/t20-,21+,23-,26-,29-/m0/s1/i12D. The predicted octanol–water partition coefficient (Wildman–Crippen LogP) is 6.91. The van der Waals surface area contributed by atoms with E-state index in [-0.39, 0.29) is 27.7 Å². The van der Waals surface area contributed by atoms with E-state index in [1.54, 1.807) is 0 Å². The molecule has 0 aromatic heterocycles. The molecule has 0 amide bonds. The van der Waals surface area contributed by atoms with Crippen molar-refractivity contribution in [2.75, 3.05) is 13.6 Å². The second kappa shape index (κ2) is 7.72. The molecule has 6 heteroatoms. The Morgan fingerprint density at radius 3 is 2.34 bits per heavy atom. The molecule has 1 aromatic carbocycles. The molecule has 4 nitrogen and oxygen atoms in total. The number of rotatable bonds is 4. The molecule has 0 saturated carbocycles. The SMILES string of the molecule is [2H]c1cc(O[Si](C)(C)C(C)(C)C)c2c3c1C[C@@H]1[C@@H]4C=C[C@H](O[Si](C)(C)C(C)(C)C)[C@H](O2)[C@]34CCN1C. The van der Waals surface area contributed by atoms with E-state index in [9.17, 15) is 0 Å². The summed E-state index contributed by atoms with van der Waals surface area (Å²) in [6.45, 7) is 24.0. The Kier molecular flexibility index (Phi) is 5.35. The number of benzene rings is 1. The van der Waals surface area contributed by atoms with Crippen LogP contribution in [0.25, 0.3) is 0 Å². The van der Waals surface area contributed by atoms with Crippen molar-refractivity contribution in [1.82, 2.24) is 4.90 Å². The van der Waals surface area contributed by atoms with Crippen molar-refractivity contribution >= 4 is 16.6 Å². The van der Waals surface area contributed by atoms with Gasteiger partial charge in [0, 0.05) is 22.9 Å². The van der Waals surface area contributed by atoms with E-state index in [4.69, 9.17) is 15.0 Å². The first kappa shape index (κ1) is 24.3. The molecule has 1 aromatic rings. The summed E-state index contributed by atoms with van der Waals surface area (Å²) >= 11 is 0. The fourth-order valence-electron chi connectivity index (χ4n) is 6.23. The van der Waals surface area contributed by atoms with Gasteiger partial charge in [0.1, 0.15) is 18.0 Å². The summed E-state index contributed by atoms with van der Waals surface area (Å²) in [4.78, 5) is 2.51. The second-order valence-electron chi connectivity index (χ2n) is 14.5. The maximum absolute atomic E-state index is 9.11. The van der Waals surface area contributed by atoms with E-state index in [1.165, 1.54) is 11.1 Å². The summed E-state index contributed by atoms with van der Waals surface area (Å²) < 4.78 is 30.1. The monoisotopic (exact) mass is 514 g/mol. The lowest BCUT2D eigenvalue weighted by molar-refractivity contribution is -0.0414. The normalized spacial score (nSPS) is 32.7. The third kappa shape index (κ3) is 3.64. The Morgan fingerprint density at radius 1 is 1.06 bits per heavy atom. The van der Waals surface area contributed by atoms with Crippen molar-refractivity contribution < 1.29 is 15.0 Å². The molecule has 35 heavy (non-hydrogen) atoms. The van der Waals surface area contributed by atoms with E-state index in [2.05, 4.69) is 91.8 Å². The van der Waals surface area contributed by atoms with Gasteiger partial charge >= 0.3 is 0 Å². The average molecular weight is 515 g/mol. The van der Waals surface area contributed by atoms with Crippen LogP contribution >= 0.6 is 0 Å². The van der Waals surface area contributed by atoms with E-state index in [0.717, 1.165) is 30.9 Å². The summed E-state index contributed by atoms with van der Waals surface area (Å²) in [6, 6.07) is 2.96. The minimum atomic E-state index is -2.11. The van der Waals surface area contributed by atoms with Crippen molar-refractivity contribution in [3.8, 4) is 11.5 Å². The highest BCUT2D eigenvalue weighted by Crippen LogP contribution is 2.63. The summed E-state index contributed by atoms with van der Waals surface area (Å²) in [5, 5.41) is 0.191. The Hall–Kier alpha value is -1.09. The molecule has 0 radical (unpaired) electrons. The van der Waals surface area contributed by atoms with Gasteiger partial charge in [0.15, 0.2) is 14.1 Å². The van der Waals surface area contributed by atoms with Gasteiger partial charge in [0.25, 0.3) is 8.32 Å². The molecule has 0 unspecified atom stereocenters. The Bertz CT molecular complexity index is 1100. The largest absolute Gasteiger partial charge is 0.541 e. The van der Waals surface area contributed by atoms with Gasteiger partial charge in [-0.3, -0.25) is 0 Å². The van der Waals surface area contributed by atoms with Crippen molar-refractivity contribution in [1.29, 1.82) is 0 Å². The molecule has 4 aliphatic rings. The third-order valence-corrected chi connectivity index (χ3v) is 19.2. The van der Waals surface area contributed by atoms with E-state index in [0.29, 0.717) is 18.0 Å². The molecule has 2 heterocycles. The first-order chi connectivity index (χ1) is 16.4. The van der Waals surface area contributed by atoms with Gasteiger partial charge < -0.3 is 18.5 Å². The molecular formula is C29H47NO3Si2. The number of nitrogens with zero attached hydrogens (tertiary/aromatic N) is 1. The third-order valence-electron chi connectivity index (χ3n) is 10.4. The van der Waals surface area contributed by atoms with Crippen LogP contribution in [0.4, 0.5) is 0 Å². The molecule has 1 spiro atoms. The molecule has 1 fully saturated rings. The van der Waals surface area contributed by atoms with E-state index < -0.39 is 16.6 Å². The minimum absolute atomic E-state index is 0.0676. The number of likely N-dealkylation sites (tertiary alicyclic amines) is 1. The fourth-order valence-corrected chi connectivity index (χ4v) is 8.48. The second-order valence-corrected chi connectivity index (χ2v) is 24.0. The average Bonchev–Trinajstić information content (AvgIpc) is 3.07. The number of hydrogen-bond acceptors (Lipinski definition) is 4. The summed E-state index contributed by atoms with van der Waals surface area (Å²) in [6.07, 6.45) is 6.53. The van der Waals surface area contributed by atoms with Crippen LogP contribution in [-0.2, 0) is 16.3 Å². The maximum Gasteiger partial charge on any atom is 0.250 e. The van der Waals surface area contributed by atoms with E-state index in [1.807, 2.05) is 6.07 Å². The van der Waals surface area contributed by atoms with Crippen LogP contribution in [0.5, 0.6) is 11.5 Å². The zero-order chi connectivity index (χ0) is 26.6. The maximum atomic E-state index is 9.11. The molecule has 5 rings (SSSR count). The Morgan fingerprint density at radius 2 is 1.71 bits per heavy atom. The molecule has 2 aliphatic heterocycles. The molecule has 2 bridgehead atoms. The molecule has 1 saturated heterocycles. The lowest BCUT2D eigenvalue weighted by atomic mass is 9.53. The van der Waals surface area contributed by atoms with Crippen LogP contribution in [0.1, 0.15) is 60.5 Å². The van der Waals surface area contributed by atoms with Crippen molar-refractivity contribution in [3.63, 3.8) is 0 Å². The first-order valence-corrected chi connectivity index (χ1v) is 19.3. The van der Waals surface area contributed by atoms with Crippen molar-refractivity contribution in [3.05, 3.63) is 35.4 Å². The number of piperidine rings is 1. The number of hydrogen-bond donors (Lipinski definition) is 0. The van der Waals surface area contributed by atoms with Crippen LogP contribution in [0.3, 0.4) is 0 Å². The van der Waals surface area contributed by atoms with Gasteiger partial charge in [-0.05, 0) is 74.3 Å². The number of ether oxygens (including phenoxy) is 1.